The molecule has 0 radical (unpaired) electrons. The number of hydrogen-bond acceptors (Lipinski definition) is 3. The molecule has 0 spiro atoms. The van der Waals surface area contributed by atoms with E-state index in [0.29, 0.717) is 5.92 Å². The largest absolute Gasteiger partial charge is 0.393 e. The quantitative estimate of drug-likeness (QED) is 0.906. The molecule has 1 unspecified atom stereocenters. The third-order valence-electron chi connectivity index (χ3n) is 4.53. The fraction of sp³-hybridized carbons (Fsp3) is 0.800. The summed E-state index contributed by atoms with van der Waals surface area (Å²) in [5.41, 5.74) is 3.85. The van der Waals surface area contributed by atoms with E-state index in [0.717, 1.165) is 44.7 Å². The van der Waals surface area contributed by atoms with Crippen LogP contribution < -0.4 is 0 Å². The second-order valence-corrected chi connectivity index (χ2v) is 5.82. The van der Waals surface area contributed by atoms with Crippen molar-refractivity contribution in [3.8, 4) is 0 Å². The van der Waals surface area contributed by atoms with E-state index in [1.165, 1.54) is 11.3 Å². The molecule has 1 atom stereocenters. The Morgan fingerprint density at radius 2 is 1.95 bits per heavy atom. The molecule has 108 valence electrons. The molecule has 1 aromatic heterocycles. The summed E-state index contributed by atoms with van der Waals surface area (Å²) in [6.45, 7) is 12.5. The fourth-order valence-electron chi connectivity index (χ4n) is 3.09. The highest BCUT2D eigenvalue weighted by molar-refractivity contribution is 5.24. The van der Waals surface area contributed by atoms with Crippen LogP contribution in [0.5, 0.6) is 0 Å². The number of aliphatic hydroxyl groups is 1. The van der Waals surface area contributed by atoms with Gasteiger partial charge in [0.25, 0.3) is 0 Å². The van der Waals surface area contributed by atoms with Crippen LogP contribution in [0.15, 0.2) is 0 Å². The summed E-state index contributed by atoms with van der Waals surface area (Å²) in [5.74, 6) is 0.483. The highest BCUT2D eigenvalue weighted by atomic mass is 16.3. The Balaban J connectivity index is 1.98. The summed E-state index contributed by atoms with van der Waals surface area (Å²) >= 11 is 0. The van der Waals surface area contributed by atoms with Gasteiger partial charge in [0.15, 0.2) is 0 Å². The van der Waals surface area contributed by atoms with Crippen molar-refractivity contribution in [3.05, 3.63) is 17.0 Å². The lowest BCUT2D eigenvalue weighted by atomic mass is 9.92. The van der Waals surface area contributed by atoms with E-state index in [2.05, 4.69) is 35.5 Å². The van der Waals surface area contributed by atoms with Gasteiger partial charge < -0.3 is 5.11 Å². The minimum absolute atomic E-state index is 0.159. The Morgan fingerprint density at radius 3 is 2.42 bits per heavy atom. The van der Waals surface area contributed by atoms with Gasteiger partial charge in [-0.3, -0.25) is 9.58 Å². The number of aromatic nitrogens is 2. The predicted molar refractivity (Wildman–Crippen MR) is 77.1 cm³/mol. The van der Waals surface area contributed by atoms with Crippen LogP contribution in [0.1, 0.15) is 43.6 Å². The summed E-state index contributed by atoms with van der Waals surface area (Å²) in [6, 6.07) is 0. The number of likely N-dealkylation sites (tertiary alicyclic amines) is 1. The van der Waals surface area contributed by atoms with Crippen LogP contribution in [-0.2, 0) is 13.1 Å². The molecular formula is C15H27N3O. The molecule has 0 bridgehead atoms. The number of nitrogens with zero attached hydrogens (tertiary/aromatic N) is 3. The van der Waals surface area contributed by atoms with Crippen LogP contribution in [0, 0.1) is 19.8 Å². The minimum Gasteiger partial charge on any atom is -0.393 e. The van der Waals surface area contributed by atoms with E-state index in [1.54, 1.807) is 0 Å². The van der Waals surface area contributed by atoms with Crippen molar-refractivity contribution >= 4 is 0 Å². The van der Waals surface area contributed by atoms with Gasteiger partial charge in [-0.2, -0.15) is 5.10 Å². The molecule has 0 amide bonds. The van der Waals surface area contributed by atoms with E-state index in [-0.39, 0.29) is 6.10 Å². The van der Waals surface area contributed by atoms with Crippen molar-refractivity contribution in [2.24, 2.45) is 5.92 Å². The van der Waals surface area contributed by atoms with E-state index in [1.807, 2.05) is 6.92 Å². The summed E-state index contributed by atoms with van der Waals surface area (Å²) in [6.07, 6.45) is 2.06. The van der Waals surface area contributed by atoms with E-state index in [9.17, 15) is 5.11 Å². The second-order valence-electron chi connectivity index (χ2n) is 5.82. The van der Waals surface area contributed by atoms with Crippen LogP contribution in [0.2, 0.25) is 0 Å². The van der Waals surface area contributed by atoms with Gasteiger partial charge >= 0.3 is 0 Å². The molecular weight excluding hydrogens is 238 g/mol. The van der Waals surface area contributed by atoms with Crippen LogP contribution in [0.4, 0.5) is 0 Å². The Bertz CT molecular complexity index is 417. The summed E-state index contributed by atoms with van der Waals surface area (Å²) in [4.78, 5) is 2.50. The standard InChI is InChI=1S/C15H27N3O/c1-5-18-12(3)15(11(2)16-18)10-17-8-6-14(7-9-17)13(4)19/h13-14,19H,5-10H2,1-4H3. The topological polar surface area (TPSA) is 41.3 Å². The average Bonchev–Trinajstić information content (AvgIpc) is 2.67. The summed E-state index contributed by atoms with van der Waals surface area (Å²) in [5, 5.41) is 14.2. The third kappa shape index (κ3) is 3.18. The first-order chi connectivity index (χ1) is 9.02. The zero-order valence-electron chi connectivity index (χ0n) is 12.7. The first kappa shape index (κ1) is 14.5. The van der Waals surface area contributed by atoms with Crippen LogP contribution >= 0.6 is 0 Å². The maximum atomic E-state index is 9.64. The van der Waals surface area contributed by atoms with Crippen LogP contribution in [0.3, 0.4) is 0 Å². The van der Waals surface area contributed by atoms with Crippen molar-refractivity contribution in [2.75, 3.05) is 13.1 Å². The first-order valence-corrected chi connectivity index (χ1v) is 7.46. The minimum atomic E-state index is -0.159. The Kier molecular flexibility index (Phi) is 4.63. The molecule has 1 aromatic rings. The lowest BCUT2D eigenvalue weighted by molar-refractivity contribution is 0.0694. The van der Waals surface area contributed by atoms with Crippen molar-refractivity contribution in [1.82, 2.24) is 14.7 Å². The molecule has 1 N–H and O–H groups in total. The summed E-state index contributed by atoms with van der Waals surface area (Å²) < 4.78 is 2.09. The number of rotatable bonds is 4. The molecule has 2 heterocycles. The SMILES string of the molecule is CCn1nc(C)c(CN2CCC(C(C)O)CC2)c1C. The maximum Gasteiger partial charge on any atom is 0.0641 e. The van der Waals surface area contributed by atoms with Crippen molar-refractivity contribution in [1.29, 1.82) is 0 Å². The van der Waals surface area contributed by atoms with Crippen molar-refractivity contribution in [3.63, 3.8) is 0 Å². The van der Waals surface area contributed by atoms with Gasteiger partial charge in [-0.05, 0) is 59.5 Å². The molecule has 4 heteroatoms. The van der Waals surface area contributed by atoms with Crippen molar-refractivity contribution in [2.45, 2.75) is 59.7 Å². The highest BCUT2D eigenvalue weighted by Gasteiger charge is 2.23. The van der Waals surface area contributed by atoms with Gasteiger partial charge in [0.2, 0.25) is 0 Å². The number of aryl methyl sites for hydroxylation is 2. The molecule has 1 fully saturated rings. The average molecular weight is 265 g/mol. The van der Waals surface area contributed by atoms with Gasteiger partial charge in [-0.15, -0.1) is 0 Å². The molecule has 0 aliphatic carbocycles. The predicted octanol–water partition coefficient (Wildman–Crippen LogP) is 2.11. The monoisotopic (exact) mass is 265 g/mol. The van der Waals surface area contributed by atoms with Gasteiger partial charge in [-0.1, -0.05) is 0 Å². The van der Waals surface area contributed by atoms with Gasteiger partial charge in [-0.25, -0.2) is 0 Å². The van der Waals surface area contributed by atoms with E-state index < -0.39 is 0 Å². The molecule has 2 rings (SSSR count). The van der Waals surface area contributed by atoms with E-state index >= 15 is 0 Å². The van der Waals surface area contributed by atoms with E-state index in [4.69, 9.17) is 0 Å². The lowest BCUT2D eigenvalue weighted by Crippen LogP contribution is -2.36. The maximum absolute atomic E-state index is 9.64. The van der Waals surface area contributed by atoms with Crippen molar-refractivity contribution < 1.29 is 5.11 Å². The van der Waals surface area contributed by atoms with Gasteiger partial charge in [0, 0.05) is 24.3 Å². The molecule has 1 saturated heterocycles. The normalized spacial score (nSPS) is 19.8. The zero-order chi connectivity index (χ0) is 14.0. The number of aliphatic hydroxyl groups excluding tert-OH is 1. The molecule has 1 aliphatic rings. The molecule has 1 aliphatic heterocycles. The van der Waals surface area contributed by atoms with Gasteiger partial charge in [0.05, 0.1) is 11.8 Å². The second kappa shape index (κ2) is 6.06. The summed E-state index contributed by atoms with van der Waals surface area (Å²) in [7, 11) is 0. The zero-order valence-corrected chi connectivity index (χ0v) is 12.7. The van der Waals surface area contributed by atoms with Crippen LogP contribution in [-0.4, -0.2) is 39.0 Å². The fourth-order valence-corrected chi connectivity index (χ4v) is 3.09. The molecule has 0 saturated carbocycles. The first-order valence-electron chi connectivity index (χ1n) is 7.46. The molecule has 4 nitrogen and oxygen atoms in total. The van der Waals surface area contributed by atoms with Gasteiger partial charge in [0.1, 0.15) is 0 Å². The lowest BCUT2D eigenvalue weighted by Gasteiger charge is -2.33. The number of hydrogen-bond donors (Lipinski definition) is 1. The Labute approximate surface area is 116 Å². The number of piperidine rings is 1. The Morgan fingerprint density at radius 1 is 1.32 bits per heavy atom. The van der Waals surface area contributed by atoms with Crippen LogP contribution in [0.25, 0.3) is 0 Å². The Hall–Kier alpha value is -0.870. The third-order valence-corrected chi connectivity index (χ3v) is 4.53. The molecule has 0 aromatic carbocycles. The smallest absolute Gasteiger partial charge is 0.0641 e. The highest BCUT2D eigenvalue weighted by Crippen LogP contribution is 2.23. The molecule has 19 heavy (non-hydrogen) atoms.